The number of carboxylic acids is 1. The van der Waals surface area contributed by atoms with Crippen molar-refractivity contribution in [1.82, 2.24) is 10.6 Å². The summed E-state index contributed by atoms with van der Waals surface area (Å²) in [5, 5.41) is 13.2. The fourth-order valence-electron chi connectivity index (χ4n) is 0.867. The first-order valence-electron chi connectivity index (χ1n) is 4.57. The summed E-state index contributed by atoms with van der Waals surface area (Å²) in [5.74, 6) is -2.12. The molecular formula is C9H15N3O4. The molecule has 0 spiro atoms. The van der Waals surface area contributed by atoms with Gasteiger partial charge in [0.1, 0.15) is 6.04 Å². The summed E-state index contributed by atoms with van der Waals surface area (Å²) in [7, 11) is 0. The highest BCUT2D eigenvalue weighted by molar-refractivity contribution is 5.87. The maximum absolute atomic E-state index is 11.2. The van der Waals surface area contributed by atoms with Gasteiger partial charge in [-0.15, -0.1) is 6.58 Å². The molecule has 0 fully saturated rings. The minimum absolute atomic E-state index is 0.303. The second kappa shape index (κ2) is 6.44. The highest BCUT2D eigenvalue weighted by atomic mass is 16.4. The molecule has 90 valence electrons. The van der Waals surface area contributed by atoms with Crippen LogP contribution < -0.4 is 16.4 Å². The summed E-state index contributed by atoms with van der Waals surface area (Å²) < 4.78 is 0. The summed E-state index contributed by atoms with van der Waals surface area (Å²) in [5.41, 5.74) is 4.84. The van der Waals surface area contributed by atoms with Crippen LogP contribution in [-0.4, -0.2) is 35.1 Å². The fourth-order valence-corrected chi connectivity index (χ4v) is 0.867. The van der Waals surface area contributed by atoms with Gasteiger partial charge in [-0.25, -0.2) is 9.59 Å². The molecule has 0 aliphatic heterocycles. The van der Waals surface area contributed by atoms with Crippen LogP contribution in [0.4, 0.5) is 4.79 Å². The molecule has 0 aliphatic rings. The van der Waals surface area contributed by atoms with Gasteiger partial charge in [0.15, 0.2) is 0 Å². The minimum atomic E-state index is -1.32. The van der Waals surface area contributed by atoms with Crippen LogP contribution in [0.15, 0.2) is 12.7 Å². The number of amides is 3. The van der Waals surface area contributed by atoms with Gasteiger partial charge in [0, 0.05) is 6.04 Å². The smallest absolute Gasteiger partial charge is 0.326 e. The second-order valence-electron chi connectivity index (χ2n) is 3.20. The van der Waals surface area contributed by atoms with E-state index in [2.05, 4.69) is 17.2 Å². The largest absolute Gasteiger partial charge is 0.480 e. The molecule has 0 saturated heterocycles. The van der Waals surface area contributed by atoms with Gasteiger partial charge >= 0.3 is 12.0 Å². The number of rotatable bonds is 6. The van der Waals surface area contributed by atoms with Crippen molar-refractivity contribution in [2.45, 2.75) is 25.4 Å². The van der Waals surface area contributed by atoms with Gasteiger partial charge < -0.3 is 21.5 Å². The van der Waals surface area contributed by atoms with E-state index in [4.69, 9.17) is 10.8 Å². The Morgan fingerprint density at radius 1 is 1.44 bits per heavy atom. The molecule has 0 bridgehead atoms. The SMILES string of the molecule is C=CC(C)NC(=O)N[C@H](CC(N)=O)C(=O)O. The van der Waals surface area contributed by atoms with Gasteiger partial charge in [0.2, 0.25) is 5.91 Å². The molecule has 0 aromatic heterocycles. The molecule has 1 unspecified atom stereocenters. The van der Waals surface area contributed by atoms with E-state index in [0.717, 1.165) is 0 Å². The van der Waals surface area contributed by atoms with E-state index in [0.29, 0.717) is 0 Å². The van der Waals surface area contributed by atoms with Crippen LogP contribution in [0.1, 0.15) is 13.3 Å². The number of carboxylic acid groups (broad SMARTS) is 1. The van der Waals surface area contributed by atoms with Crippen LogP contribution >= 0.6 is 0 Å². The topological polar surface area (TPSA) is 122 Å². The van der Waals surface area contributed by atoms with Crippen LogP contribution in [0, 0.1) is 0 Å². The second-order valence-corrected chi connectivity index (χ2v) is 3.20. The lowest BCUT2D eigenvalue weighted by Gasteiger charge is -2.15. The summed E-state index contributed by atoms with van der Waals surface area (Å²) in [6, 6.07) is -2.32. The monoisotopic (exact) mass is 229 g/mol. The van der Waals surface area contributed by atoms with Crippen molar-refractivity contribution < 1.29 is 19.5 Å². The van der Waals surface area contributed by atoms with E-state index in [1.54, 1.807) is 6.92 Å². The molecule has 0 radical (unpaired) electrons. The van der Waals surface area contributed by atoms with Crippen molar-refractivity contribution in [2.24, 2.45) is 5.73 Å². The molecule has 5 N–H and O–H groups in total. The van der Waals surface area contributed by atoms with Crippen LogP contribution in [0.2, 0.25) is 0 Å². The van der Waals surface area contributed by atoms with Crippen molar-refractivity contribution in [3.63, 3.8) is 0 Å². The number of hydrogen-bond acceptors (Lipinski definition) is 3. The average Bonchev–Trinajstić information content (AvgIpc) is 2.15. The molecule has 0 rings (SSSR count). The third-order valence-electron chi connectivity index (χ3n) is 1.72. The number of carbonyl (C=O) groups is 3. The molecular weight excluding hydrogens is 214 g/mol. The molecule has 0 saturated carbocycles. The zero-order valence-electron chi connectivity index (χ0n) is 8.90. The minimum Gasteiger partial charge on any atom is -0.480 e. The average molecular weight is 229 g/mol. The van der Waals surface area contributed by atoms with Crippen molar-refractivity contribution in [3.8, 4) is 0 Å². The van der Waals surface area contributed by atoms with Gasteiger partial charge in [-0.05, 0) is 6.92 Å². The van der Waals surface area contributed by atoms with E-state index in [1.807, 2.05) is 0 Å². The molecule has 0 heterocycles. The van der Waals surface area contributed by atoms with E-state index in [1.165, 1.54) is 6.08 Å². The predicted molar refractivity (Wildman–Crippen MR) is 56.6 cm³/mol. The van der Waals surface area contributed by atoms with Crippen LogP contribution in [0.5, 0.6) is 0 Å². The lowest BCUT2D eigenvalue weighted by molar-refractivity contribution is -0.140. The molecule has 3 amide bonds. The van der Waals surface area contributed by atoms with Gasteiger partial charge in [-0.1, -0.05) is 6.08 Å². The summed E-state index contributed by atoms with van der Waals surface area (Å²) >= 11 is 0. The Morgan fingerprint density at radius 3 is 2.38 bits per heavy atom. The number of carbonyl (C=O) groups excluding carboxylic acids is 2. The molecule has 0 aromatic rings. The Kier molecular flexibility index (Phi) is 5.61. The predicted octanol–water partition coefficient (Wildman–Crippen LogP) is -0.811. The number of urea groups is 1. The van der Waals surface area contributed by atoms with Crippen LogP contribution in [0.25, 0.3) is 0 Å². The molecule has 7 nitrogen and oxygen atoms in total. The third-order valence-corrected chi connectivity index (χ3v) is 1.72. The summed E-state index contributed by atoms with van der Waals surface area (Å²) in [4.78, 5) is 32.4. The van der Waals surface area contributed by atoms with Crippen molar-refractivity contribution >= 4 is 17.9 Å². The molecule has 7 heteroatoms. The highest BCUT2D eigenvalue weighted by Gasteiger charge is 2.22. The summed E-state index contributed by atoms with van der Waals surface area (Å²) in [6.07, 6.45) is 1.02. The maximum atomic E-state index is 11.2. The van der Waals surface area contributed by atoms with Crippen molar-refractivity contribution in [2.75, 3.05) is 0 Å². The normalized spacial score (nSPS) is 13.3. The Morgan fingerprint density at radius 2 is 2.00 bits per heavy atom. The van der Waals surface area contributed by atoms with Crippen molar-refractivity contribution in [3.05, 3.63) is 12.7 Å². The van der Waals surface area contributed by atoms with Crippen LogP contribution in [0.3, 0.4) is 0 Å². The molecule has 0 aromatic carbocycles. The molecule has 2 atom stereocenters. The fraction of sp³-hybridized carbons (Fsp3) is 0.444. The first kappa shape index (κ1) is 13.9. The van der Waals surface area contributed by atoms with Gasteiger partial charge in [0.25, 0.3) is 0 Å². The standard InChI is InChI=1S/C9H15N3O4/c1-3-5(2)11-9(16)12-6(8(14)15)4-7(10)13/h3,5-6H,1,4H2,2H3,(H2,10,13)(H,14,15)(H2,11,12,16)/t5?,6-/m1/s1. The lowest BCUT2D eigenvalue weighted by Crippen LogP contribution is -2.49. The van der Waals surface area contributed by atoms with E-state index in [-0.39, 0.29) is 6.04 Å². The number of primary amides is 1. The third kappa shape index (κ3) is 5.63. The van der Waals surface area contributed by atoms with Gasteiger partial charge in [-0.2, -0.15) is 0 Å². The van der Waals surface area contributed by atoms with Crippen LogP contribution in [-0.2, 0) is 9.59 Å². The molecule has 0 aliphatic carbocycles. The Balaban J connectivity index is 4.29. The first-order chi connectivity index (χ1) is 7.36. The highest BCUT2D eigenvalue weighted by Crippen LogP contribution is 1.92. The maximum Gasteiger partial charge on any atom is 0.326 e. The Bertz CT molecular complexity index is 303. The van der Waals surface area contributed by atoms with Gasteiger partial charge in [-0.3, -0.25) is 4.79 Å². The summed E-state index contributed by atoms with van der Waals surface area (Å²) in [6.45, 7) is 5.11. The number of nitrogens with two attached hydrogens (primary N) is 1. The zero-order valence-corrected chi connectivity index (χ0v) is 8.90. The first-order valence-corrected chi connectivity index (χ1v) is 4.57. The molecule has 16 heavy (non-hydrogen) atoms. The zero-order chi connectivity index (χ0) is 12.7. The van der Waals surface area contributed by atoms with E-state index < -0.39 is 30.4 Å². The van der Waals surface area contributed by atoms with Crippen molar-refractivity contribution in [1.29, 1.82) is 0 Å². The number of aliphatic carboxylic acids is 1. The lowest BCUT2D eigenvalue weighted by atomic mass is 10.2. The number of hydrogen-bond donors (Lipinski definition) is 4. The van der Waals surface area contributed by atoms with E-state index >= 15 is 0 Å². The Labute approximate surface area is 92.7 Å². The Hall–Kier alpha value is -2.05. The van der Waals surface area contributed by atoms with Gasteiger partial charge in [0.05, 0.1) is 6.42 Å². The van der Waals surface area contributed by atoms with E-state index in [9.17, 15) is 14.4 Å². The number of nitrogens with one attached hydrogen (secondary N) is 2. The quantitative estimate of drug-likeness (QED) is 0.445.